The van der Waals surface area contributed by atoms with Crippen molar-refractivity contribution in [3.05, 3.63) is 44.1 Å². The second-order valence-corrected chi connectivity index (χ2v) is 10.2. The number of thiophene rings is 2. The summed E-state index contributed by atoms with van der Waals surface area (Å²) in [6.45, 7) is 0. The number of esters is 1. The van der Waals surface area contributed by atoms with Crippen LogP contribution in [0.2, 0.25) is 0 Å². The number of aromatic nitrogens is 1. The van der Waals surface area contributed by atoms with Crippen molar-refractivity contribution in [2.45, 2.75) is 70.3 Å². The number of carbonyl (C=O) groups is 1. The van der Waals surface area contributed by atoms with Crippen LogP contribution in [0.1, 0.15) is 76.3 Å². The Morgan fingerprint density at radius 2 is 1.93 bits per heavy atom. The van der Waals surface area contributed by atoms with Crippen LogP contribution in [-0.2, 0) is 24.0 Å². The summed E-state index contributed by atoms with van der Waals surface area (Å²) < 4.78 is 5.81. The van der Waals surface area contributed by atoms with Crippen molar-refractivity contribution in [3.8, 4) is 0 Å². The molecular weight excluding hydrogens is 400 g/mol. The minimum atomic E-state index is -0.262. The molecule has 1 saturated carbocycles. The first kappa shape index (κ1) is 19.1. The first-order valence-corrected chi connectivity index (χ1v) is 12.4. The zero-order valence-electron chi connectivity index (χ0n) is 16.5. The molecule has 0 saturated heterocycles. The second kappa shape index (κ2) is 8.07. The van der Waals surface area contributed by atoms with Crippen LogP contribution < -0.4 is 5.73 Å². The van der Waals surface area contributed by atoms with Gasteiger partial charge in [-0.3, -0.25) is 0 Å². The number of nitrogens with zero attached hydrogens (tertiary/aromatic N) is 1. The molecule has 2 aliphatic carbocycles. The van der Waals surface area contributed by atoms with E-state index >= 15 is 0 Å². The van der Waals surface area contributed by atoms with Gasteiger partial charge in [-0.25, -0.2) is 9.78 Å². The predicted octanol–water partition coefficient (Wildman–Crippen LogP) is 5.90. The van der Waals surface area contributed by atoms with Crippen molar-refractivity contribution in [1.82, 2.24) is 4.98 Å². The molecule has 3 aromatic heterocycles. The zero-order valence-corrected chi connectivity index (χ0v) is 18.2. The maximum absolute atomic E-state index is 12.9. The molecule has 0 amide bonds. The molecule has 0 atom stereocenters. The standard InChI is InChI=1S/C23H26N2O2S2/c24-20-19-17-11-5-4-10-16(17)18(13-15-9-6-12-28-15)25-22(19)29-21(20)23(26)27-14-7-2-1-3-8-14/h6,9,12,14H,1-5,7-8,10-11,13,24H2. The first-order valence-electron chi connectivity index (χ1n) is 10.7. The molecule has 0 aliphatic heterocycles. The van der Waals surface area contributed by atoms with Crippen molar-refractivity contribution >= 4 is 44.5 Å². The summed E-state index contributed by atoms with van der Waals surface area (Å²) in [6.07, 6.45) is 10.8. The van der Waals surface area contributed by atoms with E-state index in [1.807, 2.05) is 0 Å². The van der Waals surface area contributed by atoms with E-state index in [0.717, 1.165) is 60.9 Å². The molecule has 3 aromatic rings. The average molecular weight is 427 g/mol. The summed E-state index contributed by atoms with van der Waals surface area (Å²) >= 11 is 3.18. The minimum absolute atomic E-state index is 0.0390. The molecule has 4 nitrogen and oxygen atoms in total. The van der Waals surface area contributed by atoms with Gasteiger partial charge in [0.1, 0.15) is 15.8 Å². The lowest BCUT2D eigenvalue weighted by molar-refractivity contribution is 0.0218. The normalized spacial score (nSPS) is 17.4. The third kappa shape index (κ3) is 3.68. The first-order chi connectivity index (χ1) is 14.2. The summed E-state index contributed by atoms with van der Waals surface area (Å²) in [6, 6.07) is 4.26. The fraction of sp³-hybridized carbons (Fsp3) is 0.478. The highest BCUT2D eigenvalue weighted by atomic mass is 32.1. The highest BCUT2D eigenvalue weighted by Crippen LogP contribution is 2.41. The monoisotopic (exact) mass is 426 g/mol. The quantitative estimate of drug-likeness (QED) is 0.528. The molecule has 6 heteroatoms. The van der Waals surface area contributed by atoms with E-state index in [9.17, 15) is 4.79 Å². The topological polar surface area (TPSA) is 65.2 Å². The van der Waals surface area contributed by atoms with Gasteiger partial charge in [0, 0.05) is 16.7 Å². The Morgan fingerprint density at radius 3 is 2.69 bits per heavy atom. The number of anilines is 1. The third-order valence-electron chi connectivity index (χ3n) is 6.21. The van der Waals surface area contributed by atoms with E-state index in [4.69, 9.17) is 15.5 Å². The number of ether oxygens (including phenoxy) is 1. The van der Waals surface area contributed by atoms with Gasteiger partial charge in [0.25, 0.3) is 0 Å². The molecule has 3 heterocycles. The number of rotatable bonds is 4. The number of fused-ring (bicyclic) bond motifs is 3. The maximum Gasteiger partial charge on any atom is 0.350 e. The van der Waals surface area contributed by atoms with Crippen LogP contribution in [0.5, 0.6) is 0 Å². The molecule has 0 bridgehead atoms. The molecule has 1 fully saturated rings. The van der Waals surface area contributed by atoms with Gasteiger partial charge >= 0.3 is 5.97 Å². The highest BCUT2D eigenvalue weighted by molar-refractivity contribution is 7.21. The van der Waals surface area contributed by atoms with Crippen LogP contribution >= 0.6 is 22.7 Å². The van der Waals surface area contributed by atoms with E-state index in [1.165, 1.54) is 46.6 Å². The minimum Gasteiger partial charge on any atom is -0.458 e. The van der Waals surface area contributed by atoms with E-state index in [1.54, 1.807) is 11.3 Å². The molecule has 5 rings (SSSR count). The van der Waals surface area contributed by atoms with E-state index in [2.05, 4.69) is 17.5 Å². The largest absolute Gasteiger partial charge is 0.458 e. The number of hydrogen-bond donors (Lipinski definition) is 1. The van der Waals surface area contributed by atoms with Gasteiger partial charge in [-0.2, -0.15) is 0 Å². The third-order valence-corrected chi connectivity index (χ3v) is 8.17. The molecule has 0 aromatic carbocycles. The smallest absolute Gasteiger partial charge is 0.350 e. The van der Waals surface area contributed by atoms with Crippen LogP contribution in [0.15, 0.2) is 17.5 Å². The van der Waals surface area contributed by atoms with Crippen molar-refractivity contribution in [1.29, 1.82) is 0 Å². The molecule has 0 radical (unpaired) electrons. The number of pyridine rings is 1. The summed E-state index contributed by atoms with van der Waals surface area (Å²) in [5, 5.41) is 3.12. The lowest BCUT2D eigenvalue weighted by atomic mass is 9.88. The molecule has 2 N–H and O–H groups in total. The van der Waals surface area contributed by atoms with Gasteiger partial charge in [-0.1, -0.05) is 12.5 Å². The van der Waals surface area contributed by atoms with Gasteiger partial charge in [0.2, 0.25) is 0 Å². The summed E-state index contributed by atoms with van der Waals surface area (Å²) in [7, 11) is 0. The van der Waals surface area contributed by atoms with Crippen molar-refractivity contribution in [2.24, 2.45) is 0 Å². The van der Waals surface area contributed by atoms with Crippen molar-refractivity contribution in [3.63, 3.8) is 0 Å². The number of hydrogen-bond acceptors (Lipinski definition) is 6. The lowest BCUT2D eigenvalue weighted by Crippen LogP contribution is -2.20. The molecule has 2 aliphatic rings. The van der Waals surface area contributed by atoms with Gasteiger partial charge < -0.3 is 10.5 Å². The number of nitrogens with two attached hydrogens (primary N) is 1. The number of nitrogen functional groups attached to an aromatic ring is 1. The molecular formula is C23H26N2O2S2. The summed E-state index contributed by atoms with van der Waals surface area (Å²) in [5.41, 5.74) is 10.9. The fourth-order valence-electron chi connectivity index (χ4n) is 4.76. The Morgan fingerprint density at radius 1 is 1.14 bits per heavy atom. The highest BCUT2D eigenvalue weighted by Gasteiger charge is 2.27. The van der Waals surface area contributed by atoms with Crippen LogP contribution in [0.3, 0.4) is 0 Å². The van der Waals surface area contributed by atoms with Crippen LogP contribution in [0.4, 0.5) is 5.69 Å². The van der Waals surface area contributed by atoms with E-state index in [0.29, 0.717) is 10.6 Å². The Kier molecular flexibility index (Phi) is 5.31. The molecule has 29 heavy (non-hydrogen) atoms. The van der Waals surface area contributed by atoms with Gasteiger partial charge in [0.15, 0.2) is 0 Å². The van der Waals surface area contributed by atoms with Gasteiger partial charge in [-0.05, 0) is 73.9 Å². The van der Waals surface area contributed by atoms with E-state index in [-0.39, 0.29) is 12.1 Å². The molecule has 0 spiro atoms. The average Bonchev–Trinajstić information content (AvgIpc) is 3.37. The van der Waals surface area contributed by atoms with Gasteiger partial charge in [0.05, 0.1) is 11.4 Å². The van der Waals surface area contributed by atoms with Crippen LogP contribution in [-0.4, -0.2) is 17.1 Å². The maximum atomic E-state index is 12.9. The predicted molar refractivity (Wildman–Crippen MR) is 120 cm³/mol. The number of carbonyl (C=O) groups excluding carboxylic acids is 1. The summed E-state index contributed by atoms with van der Waals surface area (Å²) in [5.74, 6) is -0.262. The zero-order chi connectivity index (χ0) is 19.8. The summed E-state index contributed by atoms with van der Waals surface area (Å²) in [4.78, 5) is 20.7. The SMILES string of the molecule is Nc1c(C(=O)OC2CCCCC2)sc2nc(Cc3cccs3)c3c(c12)CCCC3. The number of aryl methyl sites for hydroxylation is 1. The van der Waals surface area contributed by atoms with Crippen molar-refractivity contribution < 1.29 is 9.53 Å². The van der Waals surface area contributed by atoms with Gasteiger partial charge in [-0.15, -0.1) is 22.7 Å². The molecule has 152 valence electrons. The van der Waals surface area contributed by atoms with E-state index < -0.39 is 0 Å². The Bertz CT molecular complexity index is 1030. The fourth-order valence-corrected chi connectivity index (χ4v) is 6.49. The van der Waals surface area contributed by atoms with Crippen LogP contribution in [0.25, 0.3) is 10.2 Å². The van der Waals surface area contributed by atoms with Crippen molar-refractivity contribution in [2.75, 3.05) is 5.73 Å². The Hall–Kier alpha value is -1.92. The lowest BCUT2D eigenvalue weighted by Gasteiger charge is -2.21. The second-order valence-electron chi connectivity index (χ2n) is 8.17. The Labute approximate surface area is 179 Å². The molecule has 0 unspecified atom stereocenters. The Balaban J connectivity index is 1.54. The van der Waals surface area contributed by atoms with Crippen LogP contribution in [0, 0.1) is 0 Å².